The van der Waals surface area contributed by atoms with Crippen molar-refractivity contribution in [3.8, 4) is 5.75 Å². The smallest absolute Gasteiger partial charge is 0.234 e. The van der Waals surface area contributed by atoms with Gasteiger partial charge in [0.1, 0.15) is 5.75 Å². The average Bonchev–Trinajstić information content (AvgIpc) is 2.36. The van der Waals surface area contributed by atoms with Crippen molar-refractivity contribution in [1.82, 2.24) is 10.6 Å². The molecule has 0 aliphatic heterocycles. The van der Waals surface area contributed by atoms with Crippen molar-refractivity contribution in [2.75, 3.05) is 20.2 Å². The van der Waals surface area contributed by atoms with Crippen molar-refractivity contribution in [3.63, 3.8) is 0 Å². The standard InChI is InChI=1S/C14H22N2O2/c1-11(2)8-15-10-14(17)16-9-12-4-6-13(18-3)7-5-12/h4-7,11,15H,8-10H2,1-3H3,(H,16,17). The molecule has 4 nitrogen and oxygen atoms in total. The van der Waals surface area contributed by atoms with Gasteiger partial charge in [-0.25, -0.2) is 0 Å². The molecule has 1 aromatic carbocycles. The normalized spacial score (nSPS) is 10.4. The highest BCUT2D eigenvalue weighted by atomic mass is 16.5. The lowest BCUT2D eigenvalue weighted by Crippen LogP contribution is -2.34. The average molecular weight is 250 g/mol. The molecule has 4 heteroatoms. The number of hydrogen-bond donors (Lipinski definition) is 2. The molecule has 0 spiro atoms. The first-order valence-electron chi connectivity index (χ1n) is 6.22. The van der Waals surface area contributed by atoms with E-state index in [4.69, 9.17) is 4.74 Å². The minimum Gasteiger partial charge on any atom is -0.497 e. The molecule has 0 heterocycles. The van der Waals surface area contributed by atoms with Gasteiger partial charge in [0.2, 0.25) is 5.91 Å². The number of amides is 1. The lowest BCUT2D eigenvalue weighted by atomic mass is 10.2. The predicted molar refractivity (Wildman–Crippen MR) is 72.5 cm³/mol. The van der Waals surface area contributed by atoms with Crippen molar-refractivity contribution >= 4 is 5.91 Å². The fourth-order valence-electron chi connectivity index (χ4n) is 1.48. The highest BCUT2D eigenvalue weighted by Crippen LogP contribution is 2.10. The molecule has 2 N–H and O–H groups in total. The third kappa shape index (κ3) is 5.68. The minimum absolute atomic E-state index is 0.0199. The van der Waals surface area contributed by atoms with Crippen molar-refractivity contribution in [1.29, 1.82) is 0 Å². The molecule has 0 radical (unpaired) electrons. The second-order valence-electron chi connectivity index (χ2n) is 4.65. The molecule has 100 valence electrons. The molecule has 0 unspecified atom stereocenters. The van der Waals surface area contributed by atoms with Crippen LogP contribution in [0.1, 0.15) is 19.4 Å². The maximum atomic E-state index is 11.5. The molecule has 1 aromatic rings. The van der Waals surface area contributed by atoms with E-state index in [1.165, 1.54) is 0 Å². The molecule has 0 saturated carbocycles. The van der Waals surface area contributed by atoms with Crippen molar-refractivity contribution in [2.45, 2.75) is 20.4 Å². The molecule has 0 atom stereocenters. The van der Waals surface area contributed by atoms with E-state index in [0.717, 1.165) is 17.9 Å². The Balaban J connectivity index is 2.24. The second-order valence-corrected chi connectivity index (χ2v) is 4.65. The van der Waals surface area contributed by atoms with Crippen molar-refractivity contribution in [3.05, 3.63) is 29.8 Å². The zero-order valence-electron chi connectivity index (χ0n) is 11.3. The maximum Gasteiger partial charge on any atom is 0.234 e. The molecule has 0 aromatic heterocycles. The maximum absolute atomic E-state index is 11.5. The van der Waals surface area contributed by atoms with Crippen LogP contribution in [0, 0.1) is 5.92 Å². The molecule has 1 amide bonds. The van der Waals surface area contributed by atoms with Crippen LogP contribution in [0.5, 0.6) is 5.75 Å². The van der Waals surface area contributed by atoms with Crippen molar-refractivity contribution in [2.24, 2.45) is 5.92 Å². The van der Waals surface area contributed by atoms with E-state index >= 15 is 0 Å². The number of carbonyl (C=O) groups is 1. The van der Waals surface area contributed by atoms with Gasteiger partial charge in [-0.2, -0.15) is 0 Å². The Hall–Kier alpha value is -1.55. The summed E-state index contributed by atoms with van der Waals surface area (Å²) >= 11 is 0. The predicted octanol–water partition coefficient (Wildman–Crippen LogP) is 1.56. The monoisotopic (exact) mass is 250 g/mol. The van der Waals surface area contributed by atoms with Gasteiger partial charge in [0, 0.05) is 6.54 Å². The molecule has 18 heavy (non-hydrogen) atoms. The number of ether oxygens (including phenoxy) is 1. The van der Waals surface area contributed by atoms with Gasteiger partial charge in [0.15, 0.2) is 0 Å². The van der Waals surface area contributed by atoms with Crippen molar-refractivity contribution < 1.29 is 9.53 Å². The van der Waals surface area contributed by atoms with E-state index in [-0.39, 0.29) is 5.91 Å². The first kappa shape index (κ1) is 14.5. The summed E-state index contributed by atoms with van der Waals surface area (Å²) in [6, 6.07) is 7.67. The minimum atomic E-state index is 0.0199. The quantitative estimate of drug-likeness (QED) is 0.772. The van der Waals surface area contributed by atoms with Gasteiger partial charge in [-0.05, 0) is 30.2 Å². The van der Waals surface area contributed by atoms with Crippen LogP contribution in [0.15, 0.2) is 24.3 Å². The fourth-order valence-corrected chi connectivity index (χ4v) is 1.48. The number of benzene rings is 1. The number of nitrogens with one attached hydrogen (secondary N) is 2. The third-order valence-electron chi connectivity index (χ3n) is 2.49. The summed E-state index contributed by atoms with van der Waals surface area (Å²) in [4.78, 5) is 11.5. The first-order valence-corrected chi connectivity index (χ1v) is 6.22. The number of hydrogen-bond acceptors (Lipinski definition) is 3. The third-order valence-corrected chi connectivity index (χ3v) is 2.49. The van der Waals surface area contributed by atoms with E-state index in [1.807, 2.05) is 24.3 Å². The van der Waals surface area contributed by atoms with Gasteiger partial charge < -0.3 is 15.4 Å². The Labute approximate surface area is 109 Å². The highest BCUT2D eigenvalue weighted by molar-refractivity contribution is 5.77. The summed E-state index contributed by atoms with van der Waals surface area (Å²) < 4.78 is 5.07. The molecule has 0 aliphatic carbocycles. The summed E-state index contributed by atoms with van der Waals surface area (Å²) in [5.74, 6) is 1.40. The van der Waals surface area contributed by atoms with Crippen LogP contribution in [-0.4, -0.2) is 26.1 Å². The Kier molecular flexibility index (Phi) is 6.22. The largest absolute Gasteiger partial charge is 0.497 e. The Morgan fingerprint density at radius 2 is 1.94 bits per heavy atom. The summed E-state index contributed by atoms with van der Waals surface area (Å²) in [5.41, 5.74) is 1.06. The highest BCUT2D eigenvalue weighted by Gasteiger charge is 2.01. The van der Waals surface area contributed by atoms with Gasteiger partial charge in [-0.3, -0.25) is 4.79 Å². The van der Waals surface area contributed by atoms with Crippen LogP contribution in [0.25, 0.3) is 0 Å². The first-order chi connectivity index (χ1) is 8.61. The van der Waals surface area contributed by atoms with Crippen LogP contribution >= 0.6 is 0 Å². The van der Waals surface area contributed by atoms with Gasteiger partial charge >= 0.3 is 0 Å². The zero-order chi connectivity index (χ0) is 13.4. The summed E-state index contributed by atoms with van der Waals surface area (Å²) in [6.45, 7) is 6.00. The van der Waals surface area contributed by atoms with Gasteiger partial charge in [0.05, 0.1) is 13.7 Å². The lowest BCUT2D eigenvalue weighted by Gasteiger charge is -2.08. The summed E-state index contributed by atoms with van der Waals surface area (Å²) in [5, 5.41) is 5.97. The molecule has 0 saturated heterocycles. The SMILES string of the molecule is COc1ccc(CNC(=O)CNCC(C)C)cc1. The number of carbonyl (C=O) groups excluding carboxylic acids is 1. The lowest BCUT2D eigenvalue weighted by molar-refractivity contribution is -0.120. The Morgan fingerprint density at radius 3 is 2.50 bits per heavy atom. The number of rotatable bonds is 7. The van der Waals surface area contributed by atoms with Gasteiger partial charge in [0.25, 0.3) is 0 Å². The zero-order valence-corrected chi connectivity index (χ0v) is 11.3. The van der Waals surface area contributed by atoms with Crippen LogP contribution in [-0.2, 0) is 11.3 Å². The van der Waals surface area contributed by atoms with E-state index in [2.05, 4.69) is 24.5 Å². The molecule has 1 rings (SSSR count). The fraction of sp³-hybridized carbons (Fsp3) is 0.500. The van der Waals surface area contributed by atoms with E-state index in [1.54, 1.807) is 7.11 Å². The van der Waals surface area contributed by atoms with Crippen LogP contribution in [0.2, 0.25) is 0 Å². The van der Waals surface area contributed by atoms with E-state index in [9.17, 15) is 4.79 Å². The van der Waals surface area contributed by atoms with Crippen LogP contribution < -0.4 is 15.4 Å². The molecule has 0 aliphatic rings. The summed E-state index contributed by atoms with van der Waals surface area (Å²) in [7, 11) is 1.64. The Morgan fingerprint density at radius 1 is 1.28 bits per heavy atom. The van der Waals surface area contributed by atoms with Gasteiger partial charge in [-0.1, -0.05) is 26.0 Å². The summed E-state index contributed by atoms with van der Waals surface area (Å²) in [6.07, 6.45) is 0. The molecule has 0 bridgehead atoms. The molecular formula is C14H22N2O2. The number of methoxy groups -OCH3 is 1. The second kappa shape index (κ2) is 7.71. The Bertz CT molecular complexity index is 361. The van der Waals surface area contributed by atoms with E-state index < -0.39 is 0 Å². The molecular weight excluding hydrogens is 228 g/mol. The topological polar surface area (TPSA) is 50.4 Å². The van der Waals surface area contributed by atoms with Crippen LogP contribution in [0.3, 0.4) is 0 Å². The van der Waals surface area contributed by atoms with Crippen LogP contribution in [0.4, 0.5) is 0 Å². The van der Waals surface area contributed by atoms with E-state index in [0.29, 0.717) is 19.0 Å². The molecule has 0 fully saturated rings. The van der Waals surface area contributed by atoms with Gasteiger partial charge in [-0.15, -0.1) is 0 Å².